The lowest BCUT2D eigenvalue weighted by atomic mass is 9.70. The number of nitrogens with zero attached hydrogens (tertiary/aromatic N) is 1. The molecule has 5 heteroatoms. The van der Waals surface area contributed by atoms with E-state index in [4.69, 9.17) is 9.47 Å². The summed E-state index contributed by atoms with van der Waals surface area (Å²) in [6.45, 7) is 2.30. The van der Waals surface area contributed by atoms with E-state index in [1.165, 1.54) is 19.3 Å². The summed E-state index contributed by atoms with van der Waals surface area (Å²) in [6.07, 6.45) is 9.50. The van der Waals surface area contributed by atoms with Crippen LogP contribution in [0.15, 0.2) is 78.4 Å². The first-order chi connectivity index (χ1) is 17.6. The smallest absolute Gasteiger partial charge is 0.163 e. The van der Waals surface area contributed by atoms with Crippen LogP contribution in [0.2, 0.25) is 0 Å². The Kier molecular flexibility index (Phi) is 5.88. The summed E-state index contributed by atoms with van der Waals surface area (Å²) >= 11 is 0. The summed E-state index contributed by atoms with van der Waals surface area (Å²) in [5.74, 6) is -0.901. The molecule has 0 radical (unpaired) electrons. The molecule has 3 aromatic rings. The second-order valence-corrected chi connectivity index (χ2v) is 9.83. The molecular weight excluding hydrogens is 456 g/mol. The van der Waals surface area contributed by atoms with Gasteiger partial charge < -0.3 is 14.4 Å². The normalized spacial score (nSPS) is 23.0. The molecule has 2 heterocycles. The highest BCUT2D eigenvalue weighted by Gasteiger charge is 2.42. The van der Waals surface area contributed by atoms with E-state index < -0.39 is 17.0 Å². The van der Waals surface area contributed by atoms with Crippen LogP contribution in [0.5, 0.6) is 5.75 Å². The number of piperidine rings is 1. The van der Waals surface area contributed by atoms with E-state index in [1.54, 1.807) is 19.2 Å². The maximum Gasteiger partial charge on any atom is 0.163 e. The highest BCUT2D eigenvalue weighted by Crippen LogP contribution is 2.47. The Hall–Kier alpha value is -3.44. The average Bonchev–Trinajstić information content (AvgIpc) is 2.94. The molecule has 0 amide bonds. The summed E-state index contributed by atoms with van der Waals surface area (Å²) in [6, 6.07) is 18.6. The Labute approximate surface area is 210 Å². The van der Waals surface area contributed by atoms with Crippen LogP contribution < -0.4 is 9.64 Å². The summed E-state index contributed by atoms with van der Waals surface area (Å²) in [7, 11) is 1.65. The molecule has 2 aliphatic heterocycles. The Balaban J connectivity index is 1.46. The molecule has 0 bridgehead atoms. The van der Waals surface area contributed by atoms with Crippen molar-refractivity contribution in [3.63, 3.8) is 0 Å². The molecule has 3 nitrogen and oxygen atoms in total. The fraction of sp³-hybridized carbons (Fsp3) is 0.290. The van der Waals surface area contributed by atoms with Crippen LogP contribution in [-0.4, -0.2) is 26.8 Å². The number of fused-ring (bicyclic) bond motifs is 3. The molecule has 0 saturated carbocycles. The van der Waals surface area contributed by atoms with Crippen molar-refractivity contribution < 1.29 is 18.3 Å². The van der Waals surface area contributed by atoms with E-state index in [2.05, 4.69) is 23.1 Å². The van der Waals surface area contributed by atoms with Crippen LogP contribution in [0.4, 0.5) is 14.5 Å². The van der Waals surface area contributed by atoms with E-state index in [9.17, 15) is 4.39 Å². The van der Waals surface area contributed by atoms with Crippen molar-refractivity contribution in [2.24, 2.45) is 0 Å². The van der Waals surface area contributed by atoms with E-state index in [1.807, 2.05) is 42.5 Å². The fourth-order valence-corrected chi connectivity index (χ4v) is 5.81. The number of benzene rings is 3. The zero-order valence-electron chi connectivity index (χ0n) is 20.3. The zero-order valence-corrected chi connectivity index (χ0v) is 20.3. The minimum absolute atomic E-state index is 0.198. The van der Waals surface area contributed by atoms with Crippen LogP contribution in [0.1, 0.15) is 47.6 Å². The van der Waals surface area contributed by atoms with Crippen LogP contribution in [0, 0.1) is 11.6 Å². The minimum atomic E-state index is -0.952. The van der Waals surface area contributed by atoms with Crippen LogP contribution >= 0.6 is 0 Å². The van der Waals surface area contributed by atoms with E-state index >= 15 is 4.39 Å². The van der Waals surface area contributed by atoms with Gasteiger partial charge in [0.1, 0.15) is 11.9 Å². The maximum absolute atomic E-state index is 15.3. The van der Waals surface area contributed by atoms with Crippen molar-refractivity contribution in [2.45, 2.75) is 30.8 Å². The summed E-state index contributed by atoms with van der Waals surface area (Å²) in [5.41, 5.74) is 4.39. The molecule has 1 aliphatic carbocycles. The predicted octanol–water partition coefficient (Wildman–Crippen LogP) is 6.97. The summed E-state index contributed by atoms with van der Waals surface area (Å²) in [5, 5.41) is 0. The molecule has 0 N–H and O–H groups in total. The maximum atomic E-state index is 15.3. The van der Waals surface area contributed by atoms with Gasteiger partial charge in [-0.25, -0.2) is 8.78 Å². The fourth-order valence-electron chi connectivity index (χ4n) is 5.81. The first kappa shape index (κ1) is 23.0. The quantitative estimate of drug-likeness (QED) is 0.398. The number of anilines is 1. The number of hydrogen-bond acceptors (Lipinski definition) is 3. The van der Waals surface area contributed by atoms with Gasteiger partial charge in [-0.2, -0.15) is 0 Å². The number of ether oxygens (including phenoxy) is 2. The van der Waals surface area contributed by atoms with Gasteiger partial charge in [-0.1, -0.05) is 48.6 Å². The second-order valence-electron chi connectivity index (χ2n) is 9.83. The third kappa shape index (κ3) is 3.82. The predicted molar refractivity (Wildman–Crippen MR) is 138 cm³/mol. The Morgan fingerprint density at radius 3 is 2.53 bits per heavy atom. The third-order valence-electron chi connectivity index (χ3n) is 7.76. The molecule has 3 aliphatic rings. The molecule has 1 saturated heterocycles. The van der Waals surface area contributed by atoms with E-state index in [0.29, 0.717) is 0 Å². The Morgan fingerprint density at radius 1 is 0.944 bits per heavy atom. The van der Waals surface area contributed by atoms with Gasteiger partial charge in [0.15, 0.2) is 11.6 Å². The molecule has 3 aromatic carbocycles. The van der Waals surface area contributed by atoms with Crippen molar-refractivity contribution >= 4 is 11.8 Å². The molecule has 0 spiro atoms. The van der Waals surface area contributed by atoms with Gasteiger partial charge in [0.25, 0.3) is 0 Å². The van der Waals surface area contributed by atoms with Gasteiger partial charge >= 0.3 is 0 Å². The lowest BCUT2D eigenvalue weighted by molar-refractivity contribution is 0.0446. The minimum Gasteiger partial charge on any atom is -0.497 e. The highest BCUT2D eigenvalue weighted by molar-refractivity contribution is 5.67. The van der Waals surface area contributed by atoms with Gasteiger partial charge in [0.05, 0.1) is 19.1 Å². The molecule has 0 aromatic heterocycles. The monoisotopic (exact) mass is 485 g/mol. The van der Waals surface area contributed by atoms with Crippen LogP contribution in [0.3, 0.4) is 0 Å². The standard InChI is InChI=1S/C31H29F2NO2/c1-35-25-14-15-26-21(18-25)8-9-22-19-31(20-36-30(22)26,27-6-5-7-28(32)29(27)33)23-10-12-24(13-11-23)34-16-3-2-4-17-34/h5-15,18-19,30H,2-4,16-17,20H2,1H3. The van der Waals surface area contributed by atoms with Gasteiger partial charge in [-0.15, -0.1) is 0 Å². The SMILES string of the molecule is COc1ccc2c(c1)C=CC1=CC(c3ccc(N4CCCCC4)cc3)(c3cccc(F)c3F)COC12. The summed E-state index contributed by atoms with van der Waals surface area (Å²) in [4.78, 5) is 2.39. The van der Waals surface area contributed by atoms with Crippen LogP contribution in [-0.2, 0) is 10.2 Å². The molecular formula is C31H29F2NO2. The van der Waals surface area contributed by atoms with Crippen LogP contribution in [0.25, 0.3) is 6.08 Å². The van der Waals surface area contributed by atoms with Gasteiger partial charge in [-0.05, 0) is 71.9 Å². The van der Waals surface area contributed by atoms with Gasteiger partial charge in [-0.3, -0.25) is 0 Å². The largest absolute Gasteiger partial charge is 0.497 e. The second kappa shape index (κ2) is 9.21. The molecule has 184 valence electrons. The van der Waals surface area contributed by atoms with Crippen molar-refractivity contribution in [3.05, 3.63) is 112 Å². The van der Waals surface area contributed by atoms with Gasteiger partial charge in [0, 0.05) is 24.3 Å². The van der Waals surface area contributed by atoms with Gasteiger partial charge in [0.2, 0.25) is 0 Å². The molecule has 36 heavy (non-hydrogen) atoms. The van der Waals surface area contributed by atoms with Crippen molar-refractivity contribution in [2.75, 3.05) is 31.7 Å². The topological polar surface area (TPSA) is 21.7 Å². The average molecular weight is 486 g/mol. The zero-order chi connectivity index (χ0) is 24.7. The summed E-state index contributed by atoms with van der Waals surface area (Å²) < 4.78 is 41.7. The van der Waals surface area contributed by atoms with Crippen molar-refractivity contribution in [1.82, 2.24) is 0 Å². The lowest BCUT2D eigenvalue weighted by Crippen LogP contribution is -2.38. The number of methoxy groups -OCH3 is 1. The third-order valence-corrected chi connectivity index (χ3v) is 7.76. The number of rotatable bonds is 4. The van der Waals surface area contributed by atoms with Crippen molar-refractivity contribution in [3.8, 4) is 5.75 Å². The van der Waals surface area contributed by atoms with Crippen molar-refractivity contribution in [1.29, 1.82) is 0 Å². The lowest BCUT2D eigenvalue weighted by Gasteiger charge is -2.41. The molecule has 2 unspecified atom stereocenters. The Morgan fingerprint density at radius 2 is 1.75 bits per heavy atom. The van der Waals surface area contributed by atoms with E-state index in [0.717, 1.165) is 52.9 Å². The Bertz CT molecular complexity index is 1340. The van der Waals surface area contributed by atoms with E-state index in [-0.39, 0.29) is 18.3 Å². The number of halogens is 2. The molecule has 1 fully saturated rings. The molecule has 6 rings (SSSR count). The number of hydrogen-bond donors (Lipinski definition) is 0. The first-order valence-corrected chi connectivity index (χ1v) is 12.6. The highest BCUT2D eigenvalue weighted by atomic mass is 19.2. The molecule has 2 atom stereocenters. The first-order valence-electron chi connectivity index (χ1n) is 12.6.